The van der Waals surface area contributed by atoms with Gasteiger partial charge >= 0.3 is 0 Å². The summed E-state index contributed by atoms with van der Waals surface area (Å²) in [6.45, 7) is 17.8. The van der Waals surface area contributed by atoms with Crippen LogP contribution in [0.25, 0.3) is 113 Å². The van der Waals surface area contributed by atoms with Gasteiger partial charge in [0.1, 0.15) is 11.2 Å². The minimum atomic E-state index is 0.0130. The maximum absolute atomic E-state index is 6.15. The monoisotopic (exact) mass is 806 g/mol. The van der Waals surface area contributed by atoms with E-state index in [0.29, 0.717) is 0 Å². The first-order chi connectivity index (χ1) is 30.9. The molecule has 0 N–H and O–H groups in total. The van der Waals surface area contributed by atoms with Crippen LogP contribution in [0.2, 0.25) is 0 Å². The number of allylic oxidation sites excluding steroid dienone is 4. The summed E-state index contributed by atoms with van der Waals surface area (Å²) in [7, 11) is 0. The van der Waals surface area contributed by atoms with E-state index in [4.69, 9.17) is 11.0 Å². The Kier molecular flexibility index (Phi) is 8.28. The van der Waals surface area contributed by atoms with Gasteiger partial charge in [-0.25, -0.2) is 0 Å². The van der Waals surface area contributed by atoms with Gasteiger partial charge in [-0.2, -0.15) is 0 Å². The average Bonchev–Trinajstić information content (AvgIpc) is 3.99. The van der Waals surface area contributed by atoms with Gasteiger partial charge in [0.2, 0.25) is 0 Å². The Balaban J connectivity index is 0.948. The van der Waals surface area contributed by atoms with Gasteiger partial charge in [-0.15, -0.1) is 0 Å². The van der Waals surface area contributed by atoms with Crippen molar-refractivity contribution in [2.24, 2.45) is 0 Å². The van der Waals surface area contributed by atoms with E-state index < -0.39 is 0 Å². The van der Waals surface area contributed by atoms with Crippen molar-refractivity contribution in [2.75, 3.05) is 4.90 Å². The standard InChI is InChI=1S/C60H42N2O/c1-5-13-46-38(3)39(4)53(48-15-7-6-14-47(46)48)34-37(2)61(45-30-24-41(25-31-45)43-27-33-59-55(36-43)50-17-9-11-21-58(50)63-59)44-28-22-40(23-29-44)42-26-32-57-54(35-42)52-19-12-18-51-49-16-8-10-20-56(49)62(57)60(51)52/h5-30,32-36,45H,1-4,31H2/b46-13+,53-34+. The maximum Gasteiger partial charge on any atom is 0.135 e. The smallest absolute Gasteiger partial charge is 0.135 e. The highest BCUT2D eigenvalue weighted by Gasteiger charge is 2.22. The van der Waals surface area contributed by atoms with Crippen molar-refractivity contribution < 1.29 is 4.42 Å². The number of hydrogen-bond donors (Lipinski definition) is 0. The number of aromatic nitrogens is 1. The third-order valence-electron chi connectivity index (χ3n) is 13.2. The van der Waals surface area contributed by atoms with Crippen molar-refractivity contribution in [1.29, 1.82) is 0 Å². The van der Waals surface area contributed by atoms with Gasteiger partial charge in [0.05, 0.1) is 22.6 Å². The predicted molar refractivity (Wildman–Crippen MR) is 270 cm³/mol. The molecule has 298 valence electrons. The van der Waals surface area contributed by atoms with Gasteiger partial charge < -0.3 is 13.7 Å². The third-order valence-corrected chi connectivity index (χ3v) is 13.2. The molecule has 0 spiro atoms. The zero-order valence-electron chi connectivity index (χ0n) is 34.8. The Labute approximate surface area is 364 Å². The molecule has 1 unspecified atom stereocenters. The van der Waals surface area contributed by atoms with E-state index in [1.807, 2.05) is 24.3 Å². The number of rotatable bonds is 7. The molecule has 11 aromatic rings. The highest BCUT2D eigenvalue weighted by atomic mass is 16.3. The Morgan fingerprint density at radius 2 is 1.21 bits per heavy atom. The van der Waals surface area contributed by atoms with Crippen LogP contribution in [0.1, 0.15) is 12.0 Å². The van der Waals surface area contributed by atoms with Crippen molar-refractivity contribution >= 4 is 107 Å². The van der Waals surface area contributed by atoms with Crippen LogP contribution in [0.5, 0.6) is 0 Å². The number of anilines is 1. The molecule has 0 fully saturated rings. The maximum atomic E-state index is 6.15. The summed E-state index contributed by atoms with van der Waals surface area (Å²) in [6.07, 6.45) is 13.8. The van der Waals surface area contributed by atoms with Gasteiger partial charge in [-0.3, -0.25) is 0 Å². The quantitative estimate of drug-likeness (QED) is 0.160. The normalized spacial score (nSPS) is 14.9. The van der Waals surface area contributed by atoms with Crippen LogP contribution in [-0.4, -0.2) is 10.4 Å². The Bertz CT molecular complexity index is 4030. The minimum absolute atomic E-state index is 0.0130. The number of benzene rings is 8. The SMILES string of the molecule is C=C/C=c1\c(=C)c(=C)/c(=C\C(=C)N(c2ccc(-c3ccc4c(c3)c3cccc5c6ccccc6n4c53)cc2)C2C=CC(c3ccc4oc5ccccc5c4c3)=CC2)c2ccccc12. The molecule has 0 bridgehead atoms. The lowest BCUT2D eigenvalue weighted by Gasteiger charge is -2.33. The highest BCUT2D eigenvalue weighted by molar-refractivity contribution is 6.23. The lowest BCUT2D eigenvalue weighted by molar-refractivity contribution is 0.669. The zero-order valence-corrected chi connectivity index (χ0v) is 34.8. The molecule has 8 aromatic carbocycles. The highest BCUT2D eigenvalue weighted by Crippen LogP contribution is 2.41. The third kappa shape index (κ3) is 5.67. The van der Waals surface area contributed by atoms with Crippen molar-refractivity contribution in [2.45, 2.75) is 12.5 Å². The van der Waals surface area contributed by atoms with Gasteiger partial charge in [-0.1, -0.05) is 160 Å². The van der Waals surface area contributed by atoms with Gasteiger partial charge in [0.15, 0.2) is 0 Å². The summed E-state index contributed by atoms with van der Waals surface area (Å²) in [6, 6.07) is 54.5. The molecule has 3 aromatic heterocycles. The fourth-order valence-corrected chi connectivity index (χ4v) is 10.2. The van der Waals surface area contributed by atoms with Crippen LogP contribution < -0.4 is 25.8 Å². The van der Waals surface area contributed by atoms with E-state index >= 15 is 0 Å². The lowest BCUT2D eigenvalue weighted by Crippen LogP contribution is -2.47. The minimum Gasteiger partial charge on any atom is -0.456 e. The molecular weight excluding hydrogens is 765 g/mol. The molecule has 0 aliphatic heterocycles. The van der Waals surface area contributed by atoms with E-state index in [-0.39, 0.29) is 6.04 Å². The predicted octanol–water partition coefficient (Wildman–Crippen LogP) is 12.6. The van der Waals surface area contributed by atoms with Crippen molar-refractivity contribution in [3.05, 3.63) is 221 Å². The molecule has 3 nitrogen and oxygen atoms in total. The second kappa shape index (κ2) is 14.2. The van der Waals surface area contributed by atoms with E-state index in [9.17, 15) is 0 Å². The molecule has 3 heteroatoms. The molecule has 1 aliphatic carbocycles. The van der Waals surface area contributed by atoms with Crippen LogP contribution in [0.3, 0.4) is 0 Å². The first-order valence-corrected chi connectivity index (χ1v) is 21.5. The summed E-state index contributed by atoms with van der Waals surface area (Å²) >= 11 is 0. The largest absolute Gasteiger partial charge is 0.456 e. The summed E-state index contributed by atoms with van der Waals surface area (Å²) in [5.41, 5.74) is 12.2. The molecule has 1 aliphatic rings. The van der Waals surface area contributed by atoms with Crippen LogP contribution in [0, 0.1) is 0 Å². The fourth-order valence-electron chi connectivity index (χ4n) is 10.2. The van der Waals surface area contributed by atoms with Gasteiger partial charge in [0.25, 0.3) is 0 Å². The van der Waals surface area contributed by atoms with Crippen molar-refractivity contribution in [3.63, 3.8) is 0 Å². The zero-order chi connectivity index (χ0) is 42.3. The Morgan fingerprint density at radius 3 is 1.98 bits per heavy atom. The molecule has 0 amide bonds. The molecule has 63 heavy (non-hydrogen) atoms. The van der Waals surface area contributed by atoms with E-state index in [1.165, 1.54) is 54.8 Å². The van der Waals surface area contributed by atoms with Crippen LogP contribution in [0.15, 0.2) is 199 Å². The molecule has 1 atom stereocenters. The van der Waals surface area contributed by atoms with E-state index in [0.717, 1.165) is 77.0 Å². The van der Waals surface area contributed by atoms with Gasteiger partial charge in [0, 0.05) is 43.7 Å². The van der Waals surface area contributed by atoms with Crippen LogP contribution >= 0.6 is 0 Å². The van der Waals surface area contributed by atoms with Crippen LogP contribution in [-0.2, 0) is 0 Å². The number of nitrogens with zero attached hydrogens (tertiary/aromatic N) is 2. The first-order valence-electron chi connectivity index (χ1n) is 21.5. The van der Waals surface area contributed by atoms with E-state index in [2.05, 4.69) is 193 Å². The first kappa shape index (κ1) is 36.7. The molecule has 3 heterocycles. The topological polar surface area (TPSA) is 20.8 Å². The molecule has 0 radical (unpaired) electrons. The molecule has 0 saturated carbocycles. The molecular formula is C60H42N2O. The number of hydrogen-bond acceptors (Lipinski definition) is 2. The second-order valence-corrected chi connectivity index (χ2v) is 16.7. The van der Waals surface area contributed by atoms with Crippen LogP contribution in [0.4, 0.5) is 5.69 Å². The van der Waals surface area contributed by atoms with Crippen molar-refractivity contribution in [3.8, 4) is 11.1 Å². The summed E-state index contributed by atoms with van der Waals surface area (Å²) in [5.74, 6) is 0. The Hall–Kier alpha value is -8.14. The lowest BCUT2D eigenvalue weighted by atomic mass is 9.94. The fraction of sp³-hybridized carbons (Fsp3) is 0.0333. The van der Waals surface area contributed by atoms with Crippen molar-refractivity contribution in [1.82, 2.24) is 4.40 Å². The molecule has 0 saturated heterocycles. The average molecular weight is 807 g/mol. The number of para-hydroxylation sites is 3. The second-order valence-electron chi connectivity index (χ2n) is 16.7. The summed E-state index contributed by atoms with van der Waals surface area (Å²) in [5, 5.41) is 13.5. The molecule has 12 rings (SSSR count). The summed E-state index contributed by atoms with van der Waals surface area (Å²) < 4.78 is 8.58. The Morgan fingerprint density at radius 1 is 0.587 bits per heavy atom. The number of furan rings is 1. The summed E-state index contributed by atoms with van der Waals surface area (Å²) in [4.78, 5) is 2.36. The van der Waals surface area contributed by atoms with E-state index in [1.54, 1.807) is 0 Å². The van der Waals surface area contributed by atoms with Gasteiger partial charge in [-0.05, 0) is 115 Å². The number of fused-ring (bicyclic) bond motifs is 10.